The minimum atomic E-state index is -0.925. The number of carbonyl (C=O) groups is 2. The summed E-state index contributed by atoms with van der Waals surface area (Å²) in [6.45, 7) is 1.82. The molecule has 0 aromatic heterocycles. The minimum Gasteiger partial charge on any atom is -0.496 e. The monoisotopic (exact) mass is 268 g/mol. The van der Waals surface area contributed by atoms with Gasteiger partial charge in [0.2, 0.25) is 0 Å². The molecule has 1 fully saturated rings. The van der Waals surface area contributed by atoms with E-state index in [1.165, 1.54) is 7.11 Å². The number of methoxy groups -OCH3 is 1. The first kappa shape index (κ1) is 12.9. The van der Waals surface area contributed by atoms with Crippen LogP contribution < -0.4 is 4.74 Å². The first-order chi connectivity index (χ1) is 8.45. The normalized spacial score (nSPS) is 21.5. The lowest BCUT2D eigenvalue weighted by molar-refractivity contribution is -0.138. The van der Waals surface area contributed by atoms with E-state index in [4.69, 9.17) is 21.4 Å². The second kappa shape index (κ2) is 4.61. The average molecular weight is 269 g/mol. The maximum absolute atomic E-state index is 12.2. The lowest BCUT2D eigenvalue weighted by Gasteiger charge is -2.09. The Morgan fingerprint density at radius 1 is 1.39 bits per heavy atom. The second-order valence-electron chi connectivity index (χ2n) is 4.45. The largest absolute Gasteiger partial charge is 0.496 e. The van der Waals surface area contributed by atoms with Crippen LogP contribution in [0.5, 0.6) is 5.75 Å². The number of rotatable bonds is 4. The molecular weight excluding hydrogens is 256 g/mol. The minimum absolute atomic E-state index is 0.207. The van der Waals surface area contributed by atoms with Gasteiger partial charge in [0, 0.05) is 10.9 Å². The molecule has 1 aliphatic carbocycles. The molecular formula is C13H13ClO4. The van der Waals surface area contributed by atoms with Crippen LogP contribution in [0.1, 0.15) is 22.3 Å². The lowest BCUT2D eigenvalue weighted by atomic mass is 10.0. The van der Waals surface area contributed by atoms with Gasteiger partial charge in [-0.2, -0.15) is 0 Å². The van der Waals surface area contributed by atoms with Gasteiger partial charge in [-0.3, -0.25) is 9.59 Å². The summed E-state index contributed by atoms with van der Waals surface area (Å²) in [5.74, 6) is -1.71. The third-order valence-corrected chi connectivity index (χ3v) is 3.60. The van der Waals surface area contributed by atoms with Crippen molar-refractivity contribution in [1.82, 2.24) is 0 Å². The molecule has 4 nitrogen and oxygen atoms in total. The summed E-state index contributed by atoms with van der Waals surface area (Å²) in [6, 6.07) is 3.24. The number of aliphatic carboxylic acids is 1. The van der Waals surface area contributed by atoms with E-state index in [1.807, 2.05) is 6.92 Å². The third-order valence-electron chi connectivity index (χ3n) is 3.19. The molecule has 0 spiro atoms. The molecule has 5 heteroatoms. The maximum Gasteiger partial charge on any atom is 0.307 e. The number of Topliss-reactive ketones (excluding diaryl/α,β-unsaturated/α-hetero) is 1. The van der Waals surface area contributed by atoms with Crippen LogP contribution in [0.3, 0.4) is 0 Å². The Bertz CT molecular complexity index is 524. The van der Waals surface area contributed by atoms with Gasteiger partial charge in [0.25, 0.3) is 0 Å². The Balaban J connectivity index is 2.31. The molecule has 1 aliphatic rings. The molecule has 1 aromatic rings. The van der Waals surface area contributed by atoms with Crippen molar-refractivity contribution in [1.29, 1.82) is 0 Å². The number of hydrogen-bond donors (Lipinski definition) is 1. The van der Waals surface area contributed by atoms with E-state index in [0.717, 1.165) is 5.56 Å². The molecule has 1 N–H and O–H groups in total. The van der Waals surface area contributed by atoms with Gasteiger partial charge < -0.3 is 9.84 Å². The fourth-order valence-corrected chi connectivity index (χ4v) is 2.14. The van der Waals surface area contributed by atoms with Crippen LogP contribution >= 0.6 is 11.6 Å². The summed E-state index contributed by atoms with van der Waals surface area (Å²) in [6.07, 6.45) is 0.392. The zero-order valence-corrected chi connectivity index (χ0v) is 10.8. The number of benzene rings is 1. The number of hydrogen-bond acceptors (Lipinski definition) is 3. The molecule has 18 heavy (non-hydrogen) atoms. The van der Waals surface area contributed by atoms with E-state index in [0.29, 0.717) is 22.8 Å². The Labute approximate surface area is 110 Å². The third kappa shape index (κ3) is 2.20. The van der Waals surface area contributed by atoms with E-state index in [9.17, 15) is 9.59 Å². The van der Waals surface area contributed by atoms with Gasteiger partial charge in [-0.05, 0) is 31.0 Å². The van der Waals surface area contributed by atoms with Gasteiger partial charge in [0.15, 0.2) is 5.78 Å². The molecule has 96 valence electrons. The Kier molecular flexibility index (Phi) is 3.30. The summed E-state index contributed by atoms with van der Waals surface area (Å²) < 4.78 is 5.15. The summed E-state index contributed by atoms with van der Waals surface area (Å²) in [4.78, 5) is 22.9. The summed E-state index contributed by atoms with van der Waals surface area (Å²) in [5, 5.41) is 9.31. The van der Waals surface area contributed by atoms with E-state index >= 15 is 0 Å². The highest BCUT2D eigenvalue weighted by atomic mass is 35.5. The van der Waals surface area contributed by atoms with Gasteiger partial charge in [-0.15, -0.1) is 0 Å². The van der Waals surface area contributed by atoms with Crippen LogP contribution in [0.25, 0.3) is 0 Å². The molecule has 2 atom stereocenters. The van der Waals surface area contributed by atoms with E-state index in [2.05, 4.69) is 0 Å². The van der Waals surface area contributed by atoms with Crippen molar-refractivity contribution in [2.45, 2.75) is 13.3 Å². The van der Waals surface area contributed by atoms with Crippen LogP contribution in [-0.2, 0) is 4.79 Å². The summed E-state index contributed by atoms with van der Waals surface area (Å²) >= 11 is 5.99. The van der Waals surface area contributed by atoms with E-state index in [1.54, 1.807) is 12.1 Å². The first-order valence-electron chi connectivity index (χ1n) is 5.57. The van der Waals surface area contributed by atoms with Gasteiger partial charge in [0.05, 0.1) is 18.6 Å². The highest BCUT2D eigenvalue weighted by Crippen LogP contribution is 2.43. The highest BCUT2D eigenvalue weighted by Gasteiger charge is 2.48. The standard InChI is InChI=1S/C13H13ClO4/c1-6-3-11(18-2)9(5-10(6)14)12(15)7-4-8(7)13(16)17/h3,5,7-8H,4H2,1-2H3,(H,16,17). The highest BCUT2D eigenvalue weighted by molar-refractivity contribution is 6.31. The number of carbonyl (C=O) groups excluding carboxylic acids is 1. The quantitative estimate of drug-likeness (QED) is 0.853. The maximum atomic E-state index is 12.2. The summed E-state index contributed by atoms with van der Waals surface area (Å²) in [7, 11) is 1.47. The van der Waals surface area contributed by atoms with Crippen molar-refractivity contribution < 1.29 is 19.4 Å². The van der Waals surface area contributed by atoms with Gasteiger partial charge in [-0.25, -0.2) is 0 Å². The molecule has 0 saturated heterocycles. The Morgan fingerprint density at radius 2 is 2.06 bits per heavy atom. The molecule has 2 unspecified atom stereocenters. The SMILES string of the molecule is COc1cc(C)c(Cl)cc1C(=O)C1CC1C(=O)O. The molecule has 0 bridgehead atoms. The number of halogens is 1. The lowest BCUT2D eigenvalue weighted by Crippen LogP contribution is -2.09. The van der Waals surface area contributed by atoms with Crippen molar-refractivity contribution in [3.8, 4) is 5.75 Å². The van der Waals surface area contributed by atoms with Crippen molar-refractivity contribution in [3.05, 3.63) is 28.3 Å². The Morgan fingerprint density at radius 3 is 2.56 bits per heavy atom. The van der Waals surface area contributed by atoms with Crippen LogP contribution in [0, 0.1) is 18.8 Å². The van der Waals surface area contributed by atoms with E-state index < -0.39 is 17.8 Å². The molecule has 2 rings (SSSR count). The molecule has 0 amide bonds. The van der Waals surface area contributed by atoms with Crippen LogP contribution in [0.2, 0.25) is 5.02 Å². The topological polar surface area (TPSA) is 63.6 Å². The zero-order chi connectivity index (χ0) is 13.4. The first-order valence-corrected chi connectivity index (χ1v) is 5.94. The predicted octanol–water partition coefficient (Wildman–Crippen LogP) is 2.56. The van der Waals surface area contributed by atoms with Crippen molar-refractivity contribution in [2.75, 3.05) is 7.11 Å². The number of carboxylic acid groups (broad SMARTS) is 1. The molecule has 0 aliphatic heterocycles. The number of aryl methyl sites for hydroxylation is 1. The fourth-order valence-electron chi connectivity index (χ4n) is 1.97. The number of ketones is 1. The molecule has 0 radical (unpaired) electrons. The van der Waals surface area contributed by atoms with Crippen molar-refractivity contribution >= 4 is 23.4 Å². The van der Waals surface area contributed by atoms with Crippen molar-refractivity contribution in [3.63, 3.8) is 0 Å². The average Bonchev–Trinajstić information content (AvgIpc) is 3.11. The van der Waals surface area contributed by atoms with Crippen LogP contribution in [-0.4, -0.2) is 24.0 Å². The zero-order valence-electron chi connectivity index (χ0n) is 10.1. The van der Waals surface area contributed by atoms with Gasteiger partial charge in [-0.1, -0.05) is 11.6 Å². The fraction of sp³-hybridized carbons (Fsp3) is 0.385. The Hall–Kier alpha value is -1.55. The second-order valence-corrected chi connectivity index (χ2v) is 4.86. The van der Waals surface area contributed by atoms with E-state index in [-0.39, 0.29) is 5.78 Å². The van der Waals surface area contributed by atoms with Gasteiger partial charge in [0.1, 0.15) is 5.75 Å². The molecule has 1 saturated carbocycles. The van der Waals surface area contributed by atoms with Crippen LogP contribution in [0.4, 0.5) is 0 Å². The summed E-state index contributed by atoms with van der Waals surface area (Å²) in [5.41, 5.74) is 1.18. The smallest absolute Gasteiger partial charge is 0.307 e. The molecule has 1 aromatic carbocycles. The van der Waals surface area contributed by atoms with Gasteiger partial charge >= 0.3 is 5.97 Å². The number of ether oxygens (including phenoxy) is 1. The predicted molar refractivity (Wildman–Crippen MR) is 66.3 cm³/mol. The molecule has 0 heterocycles. The van der Waals surface area contributed by atoms with Crippen molar-refractivity contribution in [2.24, 2.45) is 11.8 Å². The van der Waals surface area contributed by atoms with Crippen LogP contribution in [0.15, 0.2) is 12.1 Å². The number of carboxylic acids is 1.